The minimum atomic E-state index is -4.76. The average molecular weight is 541 g/mol. The number of ether oxygens (including phenoxy) is 2. The highest BCUT2D eigenvalue weighted by Crippen LogP contribution is 2.53. The Morgan fingerprint density at radius 1 is 1.14 bits per heavy atom. The number of carbonyl (C=O) groups excluding carboxylic acids is 3. The highest BCUT2D eigenvalue weighted by molar-refractivity contribution is 6.35. The molecule has 2 aromatic rings. The van der Waals surface area contributed by atoms with Crippen molar-refractivity contribution < 1.29 is 37.0 Å². The number of hydrogen-bond donors (Lipinski definition) is 1. The van der Waals surface area contributed by atoms with Crippen LogP contribution < -0.4 is 15.0 Å². The molecule has 0 spiro atoms. The fraction of sp³-hybridized carbons (Fsp3) is 0.292. The molecule has 2 fully saturated rings. The van der Waals surface area contributed by atoms with E-state index in [2.05, 4.69) is 5.32 Å². The van der Waals surface area contributed by atoms with Crippen LogP contribution in [-0.2, 0) is 25.3 Å². The largest absolute Gasteiger partial charge is 0.482 e. The summed E-state index contributed by atoms with van der Waals surface area (Å²) in [5.41, 5.74) is -2.99. The quantitative estimate of drug-likeness (QED) is 0.442. The third-order valence-corrected chi connectivity index (χ3v) is 6.95. The van der Waals surface area contributed by atoms with E-state index in [9.17, 15) is 27.6 Å². The predicted octanol–water partition coefficient (Wildman–Crippen LogP) is 4.02. The first-order valence-corrected chi connectivity index (χ1v) is 11.5. The van der Waals surface area contributed by atoms with Gasteiger partial charge in [-0.05, 0) is 30.3 Å². The first-order valence-electron chi connectivity index (χ1n) is 10.8. The van der Waals surface area contributed by atoms with Gasteiger partial charge in [0.1, 0.15) is 11.4 Å². The minimum absolute atomic E-state index is 0.189. The lowest BCUT2D eigenvalue weighted by atomic mass is 9.77. The number of rotatable bonds is 6. The van der Waals surface area contributed by atoms with E-state index in [4.69, 9.17) is 32.7 Å². The van der Waals surface area contributed by atoms with Crippen LogP contribution in [0.3, 0.4) is 0 Å². The normalized spacial score (nSPS) is 26.5. The second-order valence-electron chi connectivity index (χ2n) is 8.57. The van der Waals surface area contributed by atoms with Crippen LogP contribution in [0.2, 0.25) is 10.0 Å². The van der Waals surface area contributed by atoms with Gasteiger partial charge in [0.05, 0.1) is 40.8 Å². The highest BCUT2D eigenvalue weighted by Gasteiger charge is 2.68. The Bertz CT molecular complexity index is 1300. The van der Waals surface area contributed by atoms with Crippen LogP contribution in [0.1, 0.15) is 5.56 Å². The molecule has 3 heterocycles. The fourth-order valence-corrected chi connectivity index (χ4v) is 5.34. The molecule has 5 rings (SSSR count). The number of anilines is 1. The maximum absolute atomic E-state index is 13.6. The van der Waals surface area contributed by atoms with Crippen molar-refractivity contribution in [3.63, 3.8) is 0 Å². The van der Waals surface area contributed by atoms with Gasteiger partial charge in [-0.15, -0.1) is 0 Å². The summed E-state index contributed by atoms with van der Waals surface area (Å²) in [5.74, 6) is -3.99. The molecule has 2 bridgehead atoms. The van der Waals surface area contributed by atoms with E-state index in [-0.39, 0.29) is 17.3 Å². The number of benzene rings is 2. The van der Waals surface area contributed by atoms with Gasteiger partial charge in [-0.2, -0.15) is 13.2 Å². The summed E-state index contributed by atoms with van der Waals surface area (Å²) in [6.45, 7) is -0.595. The van der Waals surface area contributed by atoms with Gasteiger partial charge >= 0.3 is 6.18 Å². The number of carbonyl (C=O) groups is 3. The highest BCUT2D eigenvalue weighted by atomic mass is 35.5. The second kappa shape index (κ2) is 8.79. The van der Waals surface area contributed by atoms with Gasteiger partial charge in [0.15, 0.2) is 6.61 Å². The van der Waals surface area contributed by atoms with Crippen molar-refractivity contribution in [3.05, 3.63) is 70.2 Å². The molecule has 0 saturated carbocycles. The van der Waals surface area contributed by atoms with Gasteiger partial charge < -0.3 is 14.8 Å². The Morgan fingerprint density at radius 3 is 2.61 bits per heavy atom. The Morgan fingerprint density at radius 2 is 1.89 bits per heavy atom. The van der Waals surface area contributed by atoms with E-state index in [1.165, 1.54) is 24.3 Å². The molecule has 36 heavy (non-hydrogen) atoms. The van der Waals surface area contributed by atoms with Crippen molar-refractivity contribution in [1.29, 1.82) is 0 Å². The Hall–Kier alpha value is -3.08. The van der Waals surface area contributed by atoms with Gasteiger partial charge in [0.2, 0.25) is 11.8 Å². The van der Waals surface area contributed by atoms with E-state index in [0.717, 1.165) is 12.1 Å². The zero-order chi connectivity index (χ0) is 25.8. The van der Waals surface area contributed by atoms with Crippen LogP contribution in [0.5, 0.6) is 5.75 Å². The van der Waals surface area contributed by atoms with Gasteiger partial charge in [-0.3, -0.25) is 14.4 Å². The van der Waals surface area contributed by atoms with Crippen molar-refractivity contribution >= 4 is 46.6 Å². The lowest BCUT2D eigenvalue weighted by Crippen LogP contribution is -2.49. The summed E-state index contributed by atoms with van der Waals surface area (Å²) < 4.78 is 52.0. The molecule has 3 amide bonds. The maximum atomic E-state index is 13.6. The van der Waals surface area contributed by atoms with Gasteiger partial charge in [-0.1, -0.05) is 47.5 Å². The average Bonchev–Trinajstić information content (AvgIpc) is 3.46. The summed E-state index contributed by atoms with van der Waals surface area (Å²) in [6.07, 6.45) is -2.40. The van der Waals surface area contributed by atoms with Crippen LogP contribution >= 0.6 is 23.2 Å². The smallest absolute Gasteiger partial charge is 0.418 e. The lowest BCUT2D eigenvalue weighted by molar-refractivity contribution is -0.137. The molecule has 0 aliphatic carbocycles. The SMILES string of the molecule is O=C(COc1ccc(Cl)cc1Cl)NC[C@@]12C=C[C@@H](O1)[C@@H]1C(=O)N(c3ccccc3C(F)(F)F)C(=O)[C@@H]12. The van der Waals surface area contributed by atoms with Gasteiger partial charge in [0, 0.05) is 5.02 Å². The van der Waals surface area contributed by atoms with Crippen molar-refractivity contribution in [3.8, 4) is 5.75 Å². The number of fused-ring (bicyclic) bond motifs is 5. The molecule has 0 radical (unpaired) electrons. The Kier molecular flexibility index (Phi) is 6.01. The maximum Gasteiger partial charge on any atom is 0.418 e. The fourth-order valence-electron chi connectivity index (χ4n) is 4.88. The molecule has 0 unspecified atom stereocenters. The first kappa shape index (κ1) is 24.6. The van der Waals surface area contributed by atoms with E-state index in [0.29, 0.717) is 9.92 Å². The molecule has 188 valence electrons. The molecule has 4 atom stereocenters. The third kappa shape index (κ3) is 4.03. The molecule has 12 heteroatoms. The van der Waals surface area contributed by atoms with E-state index >= 15 is 0 Å². The summed E-state index contributed by atoms with van der Waals surface area (Å²) in [4.78, 5) is 39.5. The van der Waals surface area contributed by atoms with Crippen molar-refractivity contribution in [2.45, 2.75) is 17.9 Å². The Balaban J connectivity index is 1.32. The van der Waals surface area contributed by atoms with Crippen molar-refractivity contribution in [1.82, 2.24) is 5.32 Å². The molecule has 1 N–H and O–H groups in total. The minimum Gasteiger partial charge on any atom is -0.482 e. The van der Waals surface area contributed by atoms with Crippen LogP contribution in [0.25, 0.3) is 0 Å². The topological polar surface area (TPSA) is 84.9 Å². The lowest BCUT2D eigenvalue weighted by Gasteiger charge is -2.29. The summed E-state index contributed by atoms with van der Waals surface area (Å²) in [7, 11) is 0. The number of hydrogen-bond acceptors (Lipinski definition) is 5. The molecule has 0 aromatic heterocycles. The number of imide groups is 1. The Labute approximate surface area is 212 Å². The summed E-state index contributed by atoms with van der Waals surface area (Å²) in [5, 5.41) is 3.22. The predicted molar refractivity (Wildman–Crippen MR) is 123 cm³/mol. The molecule has 3 aliphatic rings. The van der Waals surface area contributed by atoms with Crippen molar-refractivity contribution in [2.75, 3.05) is 18.1 Å². The van der Waals surface area contributed by atoms with Gasteiger partial charge in [0.25, 0.3) is 5.91 Å². The summed E-state index contributed by atoms with van der Waals surface area (Å²) in [6, 6.07) is 8.91. The molecule has 3 aliphatic heterocycles. The number of amides is 3. The molecular weight excluding hydrogens is 524 g/mol. The summed E-state index contributed by atoms with van der Waals surface area (Å²) >= 11 is 11.9. The van der Waals surface area contributed by atoms with E-state index in [1.54, 1.807) is 18.2 Å². The van der Waals surface area contributed by atoms with Crippen LogP contribution in [-0.4, -0.2) is 42.6 Å². The van der Waals surface area contributed by atoms with Crippen molar-refractivity contribution in [2.24, 2.45) is 11.8 Å². The monoisotopic (exact) mass is 540 g/mol. The second-order valence-corrected chi connectivity index (χ2v) is 9.41. The van der Waals surface area contributed by atoms with Crippen LogP contribution in [0.4, 0.5) is 18.9 Å². The molecular formula is C24H17Cl2F3N2O5. The number of halogens is 5. The molecule has 7 nitrogen and oxygen atoms in total. The number of nitrogens with one attached hydrogen (secondary N) is 1. The van der Waals surface area contributed by atoms with E-state index in [1.807, 2.05) is 0 Å². The molecule has 2 aromatic carbocycles. The van der Waals surface area contributed by atoms with Crippen LogP contribution in [0.15, 0.2) is 54.6 Å². The van der Waals surface area contributed by atoms with E-state index < -0.39 is 65.3 Å². The third-order valence-electron chi connectivity index (χ3n) is 6.42. The first-order chi connectivity index (χ1) is 17.0. The zero-order valence-corrected chi connectivity index (χ0v) is 19.7. The van der Waals surface area contributed by atoms with Gasteiger partial charge in [-0.25, -0.2) is 4.90 Å². The number of nitrogens with zero attached hydrogens (tertiary/aromatic N) is 1. The standard InChI is InChI=1S/C24H17Cl2F3N2O5/c25-12-5-6-16(14(26)9-12)35-10-18(32)30-11-23-8-7-17(36-23)19-20(23)22(34)31(21(19)33)15-4-2-1-3-13(15)24(27,28)29/h1-9,17,19-20H,10-11H2,(H,30,32)/t17-,19+,20-,23-/m1/s1. The zero-order valence-electron chi connectivity index (χ0n) is 18.2. The van der Waals surface area contributed by atoms with Crippen LogP contribution in [0, 0.1) is 11.8 Å². The number of alkyl halides is 3. The number of para-hydroxylation sites is 1. The molecule has 2 saturated heterocycles.